The van der Waals surface area contributed by atoms with Gasteiger partial charge in [-0.15, -0.1) is 11.8 Å². The van der Waals surface area contributed by atoms with Gasteiger partial charge in [0.2, 0.25) is 11.8 Å². The van der Waals surface area contributed by atoms with Crippen molar-refractivity contribution in [3.63, 3.8) is 0 Å². The molecule has 0 radical (unpaired) electrons. The molecule has 1 heterocycles. The number of benzene rings is 1. The number of thioether (sulfide) groups is 1. The third kappa shape index (κ3) is 3.55. The summed E-state index contributed by atoms with van der Waals surface area (Å²) in [7, 11) is 1.67. The van der Waals surface area contributed by atoms with E-state index in [2.05, 4.69) is 22.8 Å². The molecule has 4 nitrogen and oxygen atoms in total. The summed E-state index contributed by atoms with van der Waals surface area (Å²) in [6, 6.07) is 8.17. The summed E-state index contributed by atoms with van der Waals surface area (Å²) >= 11 is 1.71. The number of hydrogen-bond donors (Lipinski definition) is 2. The molecule has 0 aromatic heterocycles. The van der Waals surface area contributed by atoms with Crippen molar-refractivity contribution in [2.45, 2.75) is 43.4 Å². The summed E-state index contributed by atoms with van der Waals surface area (Å²) in [6.45, 7) is 0. The van der Waals surface area contributed by atoms with E-state index in [0.717, 1.165) is 43.4 Å². The second-order valence-corrected chi connectivity index (χ2v) is 7.53. The van der Waals surface area contributed by atoms with Crippen molar-refractivity contribution in [1.82, 2.24) is 10.6 Å². The number of fused-ring (bicyclic) bond motifs is 1. The maximum atomic E-state index is 12.8. The van der Waals surface area contributed by atoms with Crippen molar-refractivity contribution in [2.24, 2.45) is 5.92 Å². The van der Waals surface area contributed by atoms with Crippen molar-refractivity contribution in [3.05, 3.63) is 35.4 Å². The van der Waals surface area contributed by atoms with E-state index in [9.17, 15) is 9.59 Å². The highest BCUT2D eigenvalue weighted by molar-refractivity contribution is 8.00. The van der Waals surface area contributed by atoms with Gasteiger partial charge in [0, 0.05) is 13.1 Å². The number of carbonyl (C=O) groups is 2. The summed E-state index contributed by atoms with van der Waals surface area (Å²) in [4.78, 5) is 24.9. The zero-order valence-electron chi connectivity index (χ0n) is 13.5. The Balaban J connectivity index is 1.72. The molecule has 2 N–H and O–H groups in total. The number of carbonyl (C=O) groups excluding carboxylic acids is 2. The minimum absolute atomic E-state index is 0.0362. The van der Waals surface area contributed by atoms with E-state index in [4.69, 9.17) is 0 Å². The first-order valence-corrected chi connectivity index (χ1v) is 9.47. The van der Waals surface area contributed by atoms with Gasteiger partial charge < -0.3 is 10.6 Å². The fraction of sp³-hybridized carbons (Fsp3) is 0.556. The van der Waals surface area contributed by atoms with Gasteiger partial charge in [-0.1, -0.05) is 37.1 Å². The molecular formula is C18H24N2O2S. The lowest BCUT2D eigenvalue weighted by Crippen LogP contribution is -2.48. The number of nitrogens with one attached hydrogen (secondary N) is 2. The molecule has 3 rings (SSSR count). The van der Waals surface area contributed by atoms with Crippen molar-refractivity contribution < 1.29 is 9.59 Å². The summed E-state index contributed by atoms with van der Waals surface area (Å²) in [5, 5.41) is 5.77. The van der Waals surface area contributed by atoms with Crippen LogP contribution in [0.25, 0.3) is 0 Å². The van der Waals surface area contributed by atoms with Crippen LogP contribution in [0.4, 0.5) is 0 Å². The second kappa shape index (κ2) is 7.39. The van der Waals surface area contributed by atoms with Gasteiger partial charge in [0.15, 0.2) is 0 Å². The molecule has 23 heavy (non-hydrogen) atoms. The number of rotatable bonds is 3. The minimum Gasteiger partial charge on any atom is -0.359 e. The summed E-state index contributed by atoms with van der Waals surface area (Å²) < 4.78 is 0. The van der Waals surface area contributed by atoms with Gasteiger partial charge >= 0.3 is 0 Å². The lowest BCUT2D eigenvalue weighted by atomic mass is 9.83. The summed E-state index contributed by atoms with van der Waals surface area (Å²) in [6.07, 6.45) is 4.91. The number of amides is 2. The molecule has 0 spiro atoms. The largest absolute Gasteiger partial charge is 0.359 e. The highest BCUT2D eigenvalue weighted by atomic mass is 32.2. The van der Waals surface area contributed by atoms with E-state index >= 15 is 0 Å². The maximum Gasteiger partial charge on any atom is 0.237 e. The monoisotopic (exact) mass is 332 g/mol. The van der Waals surface area contributed by atoms with Gasteiger partial charge in [-0.25, -0.2) is 0 Å². The Morgan fingerprint density at radius 3 is 2.74 bits per heavy atom. The van der Waals surface area contributed by atoms with Crippen LogP contribution in [0.1, 0.15) is 42.1 Å². The van der Waals surface area contributed by atoms with E-state index in [1.807, 2.05) is 12.1 Å². The number of aryl methyl sites for hydroxylation is 1. The molecule has 2 aliphatic rings. The molecule has 1 aliphatic heterocycles. The molecule has 1 fully saturated rings. The lowest BCUT2D eigenvalue weighted by Gasteiger charge is -2.33. The van der Waals surface area contributed by atoms with Crippen LogP contribution < -0.4 is 10.6 Å². The van der Waals surface area contributed by atoms with Crippen LogP contribution in [-0.2, 0) is 16.0 Å². The van der Waals surface area contributed by atoms with Crippen LogP contribution in [0.5, 0.6) is 0 Å². The molecule has 0 bridgehead atoms. The molecular weight excluding hydrogens is 308 g/mol. The molecule has 1 saturated carbocycles. The Kier molecular flexibility index (Phi) is 5.26. The molecule has 1 aromatic rings. The van der Waals surface area contributed by atoms with Crippen LogP contribution in [0.15, 0.2) is 24.3 Å². The first kappa shape index (κ1) is 16.4. The average molecular weight is 332 g/mol. The number of hydrogen-bond acceptors (Lipinski definition) is 3. The second-order valence-electron chi connectivity index (χ2n) is 6.32. The standard InChI is InChI=1S/C18H24N2O2S/c1-19-17(21)14-8-4-5-9-15(14)20-18(22)16-13-7-3-2-6-12(13)10-11-23-16/h2-3,6-7,14-16H,4-5,8-11H2,1H3,(H,19,21)(H,20,22)/t14-,15-,16+/m1/s1. The van der Waals surface area contributed by atoms with E-state index < -0.39 is 0 Å². The quantitative estimate of drug-likeness (QED) is 0.894. The summed E-state index contributed by atoms with van der Waals surface area (Å²) in [5.74, 6) is 0.981. The van der Waals surface area contributed by atoms with Crippen LogP contribution in [0.3, 0.4) is 0 Å². The zero-order valence-corrected chi connectivity index (χ0v) is 14.3. The molecule has 5 heteroatoms. The molecule has 124 valence electrons. The minimum atomic E-state index is -0.146. The molecule has 1 aliphatic carbocycles. The van der Waals surface area contributed by atoms with Crippen LogP contribution >= 0.6 is 11.8 Å². The van der Waals surface area contributed by atoms with E-state index in [1.54, 1.807) is 18.8 Å². The van der Waals surface area contributed by atoms with E-state index in [1.165, 1.54) is 5.56 Å². The average Bonchev–Trinajstić information content (AvgIpc) is 2.61. The summed E-state index contributed by atoms with van der Waals surface area (Å²) in [5.41, 5.74) is 2.41. The molecule has 0 unspecified atom stereocenters. The molecule has 0 saturated heterocycles. The van der Waals surface area contributed by atoms with Crippen molar-refractivity contribution in [3.8, 4) is 0 Å². The smallest absolute Gasteiger partial charge is 0.237 e. The SMILES string of the molecule is CNC(=O)[C@@H]1CCCC[C@H]1NC(=O)[C@H]1SCCc2ccccc21. The van der Waals surface area contributed by atoms with Gasteiger partial charge in [-0.05, 0) is 36.1 Å². The highest BCUT2D eigenvalue weighted by Gasteiger charge is 2.34. The Hall–Kier alpha value is -1.49. The van der Waals surface area contributed by atoms with Crippen molar-refractivity contribution >= 4 is 23.6 Å². The Bertz CT molecular complexity index is 590. The Labute approximate surface area is 141 Å². The fourth-order valence-corrected chi connectivity index (χ4v) is 4.87. The predicted molar refractivity (Wildman–Crippen MR) is 93.3 cm³/mol. The van der Waals surface area contributed by atoms with E-state index in [0.29, 0.717) is 0 Å². The van der Waals surface area contributed by atoms with Gasteiger partial charge in [-0.3, -0.25) is 9.59 Å². The Morgan fingerprint density at radius 2 is 1.91 bits per heavy atom. The van der Waals surface area contributed by atoms with Gasteiger partial charge in [0.25, 0.3) is 0 Å². The molecule has 2 amide bonds. The molecule has 3 atom stereocenters. The predicted octanol–water partition coefficient (Wildman–Crippen LogP) is 2.44. The van der Waals surface area contributed by atoms with Crippen molar-refractivity contribution in [2.75, 3.05) is 12.8 Å². The third-order valence-electron chi connectivity index (χ3n) is 4.91. The highest BCUT2D eigenvalue weighted by Crippen LogP contribution is 2.37. The normalized spacial score (nSPS) is 26.9. The third-order valence-corrected chi connectivity index (χ3v) is 6.15. The first-order valence-electron chi connectivity index (χ1n) is 8.42. The van der Waals surface area contributed by atoms with Crippen molar-refractivity contribution in [1.29, 1.82) is 0 Å². The molecule has 1 aromatic carbocycles. The van der Waals surface area contributed by atoms with Gasteiger partial charge in [0.05, 0.1) is 5.92 Å². The van der Waals surface area contributed by atoms with E-state index in [-0.39, 0.29) is 29.0 Å². The maximum absolute atomic E-state index is 12.8. The van der Waals surface area contributed by atoms with Crippen LogP contribution in [0.2, 0.25) is 0 Å². The van der Waals surface area contributed by atoms with Crippen LogP contribution in [-0.4, -0.2) is 30.7 Å². The van der Waals surface area contributed by atoms with Gasteiger partial charge in [0.1, 0.15) is 5.25 Å². The fourth-order valence-electron chi connectivity index (χ4n) is 3.67. The van der Waals surface area contributed by atoms with Crippen LogP contribution in [0, 0.1) is 5.92 Å². The zero-order chi connectivity index (χ0) is 16.2. The van der Waals surface area contributed by atoms with Gasteiger partial charge in [-0.2, -0.15) is 0 Å². The topological polar surface area (TPSA) is 58.2 Å². The lowest BCUT2D eigenvalue weighted by molar-refractivity contribution is -0.127. The Morgan fingerprint density at radius 1 is 1.13 bits per heavy atom. The first-order chi connectivity index (χ1) is 11.2.